The third-order valence-corrected chi connectivity index (χ3v) is 4.15. The molecule has 2 aromatic rings. The number of aromatic nitrogens is 2. The van der Waals surface area contributed by atoms with Crippen molar-refractivity contribution in [1.82, 2.24) is 9.38 Å². The van der Waals surface area contributed by atoms with Crippen molar-refractivity contribution in [3.63, 3.8) is 0 Å². The van der Waals surface area contributed by atoms with Gasteiger partial charge in [0, 0.05) is 19.0 Å². The van der Waals surface area contributed by atoms with Crippen LogP contribution < -0.4 is 0 Å². The molecule has 3 rings (SSSR count). The van der Waals surface area contributed by atoms with Crippen molar-refractivity contribution in [3.8, 4) is 0 Å². The van der Waals surface area contributed by atoms with Gasteiger partial charge >= 0.3 is 5.97 Å². The number of halogens is 2. The van der Waals surface area contributed by atoms with Gasteiger partial charge in [-0.25, -0.2) is 13.8 Å². The highest BCUT2D eigenvalue weighted by Gasteiger charge is 2.50. The monoisotopic (exact) mass is 280 g/mol. The molecule has 1 aliphatic rings. The molecule has 2 aromatic heterocycles. The molecule has 0 unspecified atom stereocenters. The van der Waals surface area contributed by atoms with Crippen LogP contribution in [-0.4, -0.2) is 26.4 Å². The Kier molecular flexibility index (Phi) is 2.77. The normalized spacial score (nSPS) is 20.9. The molecule has 2 heterocycles. The average Bonchev–Trinajstić information content (AvgIpc) is 2.83. The first-order chi connectivity index (χ1) is 9.45. The van der Waals surface area contributed by atoms with Gasteiger partial charge in [0.05, 0.1) is 11.9 Å². The van der Waals surface area contributed by atoms with E-state index in [-0.39, 0.29) is 12.8 Å². The molecule has 0 amide bonds. The van der Waals surface area contributed by atoms with E-state index >= 15 is 0 Å². The first-order valence-corrected chi connectivity index (χ1v) is 6.48. The summed E-state index contributed by atoms with van der Waals surface area (Å²) >= 11 is 0. The molecule has 0 aliphatic heterocycles. The second kappa shape index (κ2) is 4.26. The molecule has 0 radical (unpaired) electrons. The minimum Gasteiger partial charge on any atom is -0.481 e. The molecule has 1 saturated carbocycles. The van der Waals surface area contributed by atoms with E-state index in [4.69, 9.17) is 0 Å². The molecular weight excluding hydrogens is 266 g/mol. The van der Waals surface area contributed by atoms with Crippen LogP contribution in [0.3, 0.4) is 0 Å². The quantitative estimate of drug-likeness (QED) is 0.920. The summed E-state index contributed by atoms with van der Waals surface area (Å²) in [5.74, 6) is -3.82. The van der Waals surface area contributed by atoms with Crippen molar-refractivity contribution >= 4 is 11.6 Å². The Bertz CT molecular complexity index is 656. The average molecular weight is 280 g/mol. The predicted octanol–water partition coefficient (Wildman–Crippen LogP) is 2.87. The summed E-state index contributed by atoms with van der Waals surface area (Å²) < 4.78 is 28.4. The van der Waals surface area contributed by atoms with Crippen LogP contribution in [0.25, 0.3) is 5.65 Å². The fourth-order valence-electron chi connectivity index (χ4n) is 2.91. The Morgan fingerprint density at radius 1 is 1.25 bits per heavy atom. The van der Waals surface area contributed by atoms with Crippen molar-refractivity contribution < 1.29 is 18.7 Å². The number of imidazole rings is 1. The van der Waals surface area contributed by atoms with Gasteiger partial charge in [0.15, 0.2) is 0 Å². The number of alkyl halides is 2. The molecule has 106 valence electrons. The highest BCUT2D eigenvalue weighted by Crippen LogP contribution is 2.45. The van der Waals surface area contributed by atoms with Gasteiger partial charge in [-0.15, -0.1) is 0 Å². The maximum absolute atomic E-state index is 13.4. The zero-order chi connectivity index (χ0) is 14.4. The van der Waals surface area contributed by atoms with Crippen molar-refractivity contribution in [2.75, 3.05) is 0 Å². The minimum absolute atomic E-state index is 0.0714. The first-order valence-electron chi connectivity index (χ1n) is 6.48. The van der Waals surface area contributed by atoms with E-state index in [1.165, 1.54) is 6.20 Å². The first kappa shape index (κ1) is 13.0. The molecule has 1 aliphatic carbocycles. The number of carbonyl (C=O) groups is 1. The maximum Gasteiger partial charge on any atom is 0.315 e. The van der Waals surface area contributed by atoms with Crippen LogP contribution >= 0.6 is 0 Å². The van der Waals surface area contributed by atoms with E-state index in [9.17, 15) is 18.7 Å². The van der Waals surface area contributed by atoms with Crippen LogP contribution in [-0.2, 0) is 10.2 Å². The second-order valence-corrected chi connectivity index (χ2v) is 5.32. The lowest BCUT2D eigenvalue weighted by atomic mass is 9.70. The number of nitrogens with zero attached hydrogens (tertiary/aromatic N) is 2. The van der Waals surface area contributed by atoms with Crippen LogP contribution in [0.5, 0.6) is 0 Å². The number of rotatable bonds is 2. The molecule has 0 atom stereocenters. The molecule has 0 spiro atoms. The number of hydrogen-bond acceptors (Lipinski definition) is 2. The number of carboxylic acids is 1. The highest BCUT2D eigenvalue weighted by atomic mass is 19.3. The zero-order valence-corrected chi connectivity index (χ0v) is 10.7. The molecular formula is C14H14F2N2O2. The van der Waals surface area contributed by atoms with Crippen LogP contribution in [0.4, 0.5) is 8.78 Å². The lowest BCUT2D eigenvalue weighted by Gasteiger charge is -2.36. The van der Waals surface area contributed by atoms with Gasteiger partial charge in [0.25, 0.3) is 0 Å². The number of pyridine rings is 1. The Balaban J connectivity index is 2.10. The molecule has 1 fully saturated rings. The smallest absolute Gasteiger partial charge is 0.315 e. The van der Waals surface area contributed by atoms with Crippen molar-refractivity contribution in [1.29, 1.82) is 0 Å². The minimum atomic E-state index is -2.76. The summed E-state index contributed by atoms with van der Waals surface area (Å²) in [6, 6.07) is 5.33. The SMILES string of the molecule is O=C(O)C1(c2cnc3ccccn23)CCC(F)(F)CC1. The molecule has 1 N–H and O–H groups in total. The van der Waals surface area contributed by atoms with Crippen molar-refractivity contribution in [2.24, 2.45) is 0 Å². The van der Waals surface area contributed by atoms with Crippen LogP contribution in [0.2, 0.25) is 0 Å². The van der Waals surface area contributed by atoms with Crippen molar-refractivity contribution in [3.05, 3.63) is 36.3 Å². The van der Waals surface area contributed by atoms with Gasteiger partial charge in [-0.1, -0.05) is 6.07 Å². The van der Waals surface area contributed by atoms with Crippen LogP contribution in [0.15, 0.2) is 30.6 Å². The van der Waals surface area contributed by atoms with Crippen LogP contribution in [0, 0.1) is 0 Å². The fraction of sp³-hybridized carbons (Fsp3) is 0.429. The van der Waals surface area contributed by atoms with E-state index in [2.05, 4.69) is 4.98 Å². The Hall–Kier alpha value is -1.98. The molecule has 0 saturated heterocycles. The van der Waals surface area contributed by atoms with Gasteiger partial charge < -0.3 is 9.51 Å². The number of fused-ring (bicyclic) bond motifs is 1. The number of hydrogen-bond donors (Lipinski definition) is 1. The Morgan fingerprint density at radius 2 is 1.95 bits per heavy atom. The standard InChI is InChI=1S/C14H14F2N2O2/c15-14(16)6-4-13(5-7-14,12(19)20)10-9-17-11-3-1-2-8-18(10)11/h1-3,8-9H,4-7H2,(H,19,20). The van der Waals surface area contributed by atoms with E-state index in [0.717, 1.165) is 0 Å². The lowest BCUT2D eigenvalue weighted by Crippen LogP contribution is -2.43. The molecule has 20 heavy (non-hydrogen) atoms. The summed E-state index contributed by atoms with van der Waals surface area (Å²) in [5.41, 5.74) is -0.167. The summed E-state index contributed by atoms with van der Waals surface area (Å²) in [7, 11) is 0. The topological polar surface area (TPSA) is 54.6 Å². The Labute approximate surface area is 114 Å². The van der Waals surface area contributed by atoms with E-state index in [0.29, 0.717) is 11.3 Å². The summed E-state index contributed by atoms with van der Waals surface area (Å²) in [4.78, 5) is 15.9. The zero-order valence-electron chi connectivity index (χ0n) is 10.7. The van der Waals surface area contributed by atoms with E-state index in [1.807, 2.05) is 0 Å². The Morgan fingerprint density at radius 3 is 2.60 bits per heavy atom. The lowest BCUT2D eigenvalue weighted by molar-refractivity contribution is -0.149. The van der Waals surface area contributed by atoms with E-state index in [1.54, 1.807) is 28.8 Å². The second-order valence-electron chi connectivity index (χ2n) is 5.32. The third-order valence-electron chi connectivity index (χ3n) is 4.15. The van der Waals surface area contributed by atoms with Gasteiger partial charge in [-0.3, -0.25) is 4.79 Å². The largest absolute Gasteiger partial charge is 0.481 e. The number of aliphatic carboxylic acids is 1. The molecule has 6 heteroatoms. The number of carboxylic acid groups (broad SMARTS) is 1. The van der Waals surface area contributed by atoms with Gasteiger partial charge in [0.1, 0.15) is 11.1 Å². The van der Waals surface area contributed by atoms with E-state index < -0.39 is 30.1 Å². The summed E-state index contributed by atoms with van der Waals surface area (Å²) in [6.07, 6.45) is 2.26. The predicted molar refractivity (Wildman–Crippen MR) is 67.9 cm³/mol. The van der Waals surface area contributed by atoms with Gasteiger partial charge in [0.2, 0.25) is 5.92 Å². The van der Waals surface area contributed by atoms with Gasteiger partial charge in [-0.2, -0.15) is 0 Å². The highest BCUT2D eigenvalue weighted by molar-refractivity contribution is 5.81. The van der Waals surface area contributed by atoms with Gasteiger partial charge in [-0.05, 0) is 25.0 Å². The van der Waals surface area contributed by atoms with Crippen molar-refractivity contribution in [2.45, 2.75) is 37.0 Å². The summed E-state index contributed by atoms with van der Waals surface area (Å²) in [5, 5.41) is 9.60. The molecule has 4 nitrogen and oxygen atoms in total. The fourth-order valence-corrected chi connectivity index (χ4v) is 2.91. The molecule has 0 aromatic carbocycles. The van der Waals surface area contributed by atoms with Crippen LogP contribution in [0.1, 0.15) is 31.4 Å². The summed E-state index contributed by atoms with van der Waals surface area (Å²) in [6.45, 7) is 0. The molecule has 0 bridgehead atoms. The maximum atomic E-state index is 13.4. The third kappa shape index (κ3) is 1.87.